The quantitative estimate of drug-likeness (QED) is 0.727. The fourth-order valence-corrected chi connectivity index (χ4v) is 2.99. The summed E-state index contributed by atoms with van der Waals surface area (Å²) >= 11 is 0. The number of hydrogen-bond donors (Lipinski definition) is 1. The average Bonchev–Trinajstić information content (AvgIpc) is 2.71. The van der Waals surface area contributed by atoms with Crippen LogP contribution in [-0.2, 0) is 6.54 Å². The van der Waals surface area contributed by atoms with E-state index in [1.54, 1.807) is 30.2 Å². The largest absolute Gasteiger partial charge is 0.493 e. The second-order valence-corrected chi connectivity index (χ2v) is 6.10. The topological polar surface area (TPSA) is 71.6 Å². The molecule has 0 fully saturated rings. The number of amides is 1. The van der Waals surface area contributed by atoms with E-state index in [1.807, 2.05) is 37.3 Å². The van der Waals surface area contributed by atoms with Gasteiger partial charge in [0.1, 0.15) is 0 Å². The maximum Gasteiger partial charge on any atom is 0.254 e. The zero-order valence-corrected chi connectivity index (χ0v) is 15.6. The van der Waals surface area contributed by atoms with Crippen LogP contribution in [0.3, 0.4) is 0 Å². The normalized spacial score (nSPS) is 10.6. The molecule has 6 heteroatoms. The number of carbonyl (C=O) groups excluding carboxylic acids is 1. The Balaban J connectivity index is 1.90. The first-order valence-electron chi connectivity index (χ1n) is 8.69. The van der Waals surface area contributed by atoms with Gasteiger partial charge in [0.2, 0.25) is 0 Å². The monoisotopic (exact) mass is 366 g/mol. The number of ether oxygens (including phenoxy) is 2. The van der Waals surface area contributed by atoms with E-state index in [1.165, 1.54) is 7.11 Å². The van der Waals surface area contributed by atoms with E-state index in [0.29, 0.717) is 29.2 Å². The summed E-state index contributed by atoms with van der Waals surface area (Å²) in [7, 11) is 3.07. The van der Waals surface area contributed by atoms with Crippen molar-refractivity contribution in [3.8, 4) is 11.5 Å². The number of hydrogen-bond acceptors (Lipinski definition) is 4. The molecular weight excluding hydrogens is 344 g/mol. The highest BCUT2D eigenvalue weighted by Gasteiger charge is 2.18. The first kappa shape index (κ1) is 18.5. The average molecular weight is 366 g/mol. The van der Waals surface area contributed by atoms with E-state index in [0.717, 1.165) is 10.9 Å². The van der Waals surface area contributed by atoms with E-state index in [-0.39, 0.29) is 18.0 Å². The molecule has 0 saturated carbocycles. The Kier molecular flexibility index (Phi) is 5.45. The minimum Gasteiger partial charge on any atom is -0.493 e. The van der Waals surface area contributed by atoms with Gasteiger partial charge in [-0.2, -0.15) is 0 Å². The number of nitrogens with one attached hydrogen (secondary N) is 1. The lowest BCUT2D eigenvalue weighted by atomic mass is 10.1. The van der Waals surface area contributed by atoms with E-state index in [2.05, 4.69) is 4.98 Å². The molecule has 0 spiro atoms. The molecule has 1 N–H and O–H groups in total. The molecule has 3 aromatic rings. The molecule has 1 heterocycles. The molecule has 1 aromatic heterocycles. The van der Waals surface area contributed by atoms with Crippen molar-refractivity contribution in [3.63, 3.8) is 0 Å². The van der Waals surface area contributed by atoms with Crippen LogP contribution in [0.5, 0.6) is 11.5 Å². The Hall–Kier alpha value is -3.28. The Labute approximate surface area is 157 Å². The number of aromatic amines is 1. The maximum atomic E-state index is 12.9. The van der Waals surface area contributed by atoms with Gasteiger partial charge in [0.05, 0.1) is 20.8 Å². The number of pyridine rings is 1. The third-order valence-electron chi connectivity index (χ3n) is 4.49. The third kappa shape index (κ3) is 3.79. The highest BCUT2D eigenvalue weighted by molar-refractivity contribution is 5.95. The molecular formula is C21H22N2O4. The lowest BCUT2D eigenvalue weighted by molar-refractivity contribution is 0.0751. The van der Waals surface area contributed by atoms with Crippen LogP contribution in [0.25, 0.3) is 10.9 Å². The summed E-state index contributed by atoms with van der Waals surface area (Å²) in [5, 5.41) is 0.932. The number of aromatic nitrogens is 1. The second-order valence-electron chi connectivity index (χ2n) is 6.10. The molecule has 140 valence electrons. The van der Waals surface area contributed by atoms with Crippen LogP contribution in [-0.4, -0.2) is 36.6 Å². The second kappa shape index (κ2) is 7.95. The van der Waals surface area contributed by atoms with Gasteiger partial charge in [-0.1, -0.05) is 18.2 Å². The Morgan fingerprint density at radius 3 is 2.48 bits per heavy atom. The predicted octanol–water partition coefficient (Wildman–Crippen LogP) is 3.21. The number of para-hydroxylation sites is 1. The number of nitrogens with zero attached hydrogens (tertiary/aromatic N) is 1. The van der Waals surface area contributed by atoms with Crippen molar-refractivity contribution in [3.05, 3.63) is 70.0 Å². The van der Waals surface area contributed by atoms with Gasteiger partial charge in [-0.25, -0.2) is 0 Å². The van der Waals surface area contributed by atoms with Crippen LogP contribution in [0, 0.1) is 0 Å². The molecule has 0 radical (unpaired) electrons. The van der Waals surface area contributed by atoms with Crippen molar-refractivity contribution in [2.75, 3.05) is 20.8 Å². The Morgan fingerprint density at radius 1 is 1.04 bits per heavy atom. The number of fused-ring (bicyclic) bond motifs is 1. The van der Waals surface area contributed by atoms with Crippen LogP contribution in [0.2, 0.25) is 0 Å². The van der Waals surface area contributed by atoms with Gasteiger partial charge in [0.25, 0.3) is 11.5 Å². The Morgan fingerprint density at radius 2 is 1.78 bits per heavy atom. The van der Waals surface area contributed by atoms with Crippen molar-refractivity contribution in [1.82, 2.24) is 9.88 Å². The van der Waals surface area contributed by atoms with Gasteiger partial charge < -0.3 is 19.4 Å². The molecule has 6 nitrogen and oxygen atoms in total. The molecule has 0 aliphatic carbocycles. The Bertz CT molecular complexity index is 1030. The summed E-state index contributed by atoms with van der Waals surface area (Å²) < 4.78 is 10.5. The number of methoxy groups -OCH3 is 2. The highest BCUT2D eigenvalue weighted by atomic mass is 16.5. The van der Waals surface area contributed by atoms with Crippen molar-refractivity contribution < 1.29 is 14.3 Å². The number of benzene rings is 2. The van der Waals surface area contributed by atoms with E-state index >= 15 is 0 Å². The molecule has 0 bridgehead atoms. The summed E-state index contributed by atoms with van der Waals surface area (Å²) in [6, 6.07) is 14.4. The SMILES string of the molecule is CCN(Cc1cc2ccccc2[nH]c1=O)C(=O)c1ccc(OC)c(OC)c1. The summed E-state index contributed by atoms with van der Waals surface area (Å²) in [6.45, 7) is 2.58. The molecule has 1 amide bonds. The fraction of sp³-hybridized carbons (Fsp3) is 0.238. The zero-order chi connectivity index (χ0) is 19.4. The van der Waals surface area contributed by atoms with Crippen LogP contribution in [0.15, 0.2) is 53.3 Å². The van der Waals surface area contributed by atoms with Gasteiger partial charge in [0.15, 0.2) is 11.5 Å². The minimum absolute atomic E-state index is 0.175. The van der Waals surface area contributed by atoms with Gasteiger partial charge in [-0.15, -0.1) is 0 Å². The van der Waals surface area contributed by atoms with Gasteiger partial charge in [-0.05, 0) is 42.6 Å². The molecule has 27 heavy (non-hydrogen) atoms. The van der Waals surface area contributed by atoms with E-state index in [4.69, 9.17) is 9.47 Å². The number of carbonyl (C=O) groups is 1. The fourth-order valence-electron chi connectivity index (χ4n) is 2.99. The molecule has 0 aliphatic rings. The summed E-state index contributed by atoms with van der Waals surface area (Å²) in [5.74, 6) is 0.872. The molecule has 0 unspecified atom stereocenters. The van der Waals surface area contributed by atoms with Crippen molar-refractivity contribution in [1.29, 1.82) is 0 Å². The molecule has 0 saturated heterocycles. The standard InChI is InChI=1S/C21H22N2O4/c1-4-23(21(25)15-9-10-18(26-2)19(12-15)27-3)13-16-11-14-7-5-6-8-17(14)22-20(16)24/h5-12H,4,13H2,1-3H3,(H,22,24). The van der Waals surface area contributed by atoms with E-state index in [9.17, 15) is 9.59 Å². The first-order valence-corrected chi connectivity index (χ1v) is 8.69. The zero-order valence-electron chi connectivity index (χ0n) is 15.6. The van der Waals surface area contributed by atoms with Crippen molar-refractivity contribution >= 4 is 16.8 Å². The molecule has 0 atom stereocenters. The molecule has 0 aliphatic heterocycles. The maximum absolute atomic E-state index is 12.9. The number of H-pyrrole nitrogens is 1. The van der Waals surface area contributed by atoms with Crippen LogP contribution in [0.4, 0.5) is 0 Å². The summed E-state index contributed by atoms with van der Waals surface area (Å²) in [4.78, 5) is 29.8. The number of rotatable bonds is 6. The minimum atomic E-state index is -0.188. The van der Waals surface area contributed by atoms with Crippen molar-refractivity contribution in [2.24, 2.45) is 0 Å². The van der Waals surface area contributed by atoms with Crippen molar-refractivity contribution in [2.45, 2.75) is 13.5 Å². The third-order valence-corrected chi connectivity index (χ3v) is 4.49. The predicted molar refractivity (Wildman–Crippen MR) is 105 cm³/mol. The summed E-state index contributed by atoms with van der Waals surface area (Å²) in [5.41, 5.74) is 1.61. The van der Waals surface area contributed by atoms with Gasteiger partial charge >= 0.3 is 0 Å². The molecule has 3 rings (SSSR count). The van der Waals surface area contributed by atoms with Crippen LogP contribution in [0.1, 0.15) is 22.8 Å². The van der Waals surface area contributed by atoms with Crippen LogP contribution >= 0.6 is 0 Å². The lowest BCUT2D eigenvalue weighted by Crippen LogP contribution is -2.32. The highest BCUT2D eigenvalue weighted by Crippen LogP contribution is 2.28. The van der Waals surface area contributed by atoms with Gasteiger partial charge in [0, 0.05) is 23.2 Å². The van der Waals surface area contributed by atoms with E-state index < -0.39 is 0 Å². The smallest absolute Gasteiger partial charge is 0.254 e. The lowest BCUT2D eigenvalue weighted by Gasteiger charge is -2.21. The first-order chi connectivity index (χ1) is 13.1. The molecule has 2 aromatic carbocycles. The summed E-state index contributed by atoms with van der Waals surface area (Å²) in [6.07, 6.45) is 0. The van der Waals surface area contributed by atoms with Crippen LogP contribution < -0.4 is 15.0 Å². The van der Waals surface area contributed by atoms with Gasteiger partial charge in [-0.3, -0.25) is 9.59 Å².